The molecule has 2 atom stereocenters. The molecule has 0 spiro atoms. The summed E-state index contributed by atoms with van der Waals surface area (Å²) in [6, 6.07) is 6.00. The van der Waals surface area contributed by atoms with Crippen molar-refractivity contribution in [1.29, 1.82) is 0 Å². The monoisotopic (exact) mass is 295 g/mol. The van der Waals surface area contributed by atoms with Crippen LogP contribution in [0.2, 0.25) is 0 Å². The number of anilines is 1. The largest absolute Gasteiger partial charge is 0.324 e. The Morgan fingerprint density at radius 2 is 2.00 bits per heavy atom. The zero-order valence-electron chi connectivity index (χ0n) is 10.7. The lowest BCUT2D eigenvalue weighted by atomic mass is 9.72. The third-order valence-electron chi connectivity index (χ3n) is 3.78. The average Bonchev–Trinajstić information content (AvgIpc) is 2.54. The third-order valence-corrected chi connectivity index (χ3v) is 4.44. The summed E-state index contributed by atoms with van der Waals surface area (Å²) < 4.78 is 0.965. The van der Waals surface area contributed by atoms with Crippen LogP contribution in [0.4, 0.5) is 5.69 Å². The Bertz CT molecular complexity index is 462. The maximum absolute atomic E-state index is 12.1. The van der Waals surface area contributed by atoms with Crippen molar-refractivity contribution in [2.75, 3.05) is 5.32 Å². The highest BCUT2D eigenvalue weighted by molar-refractivity contribution is 9.10. The van der Waals surface area contributed by atoms with E-state index in [0.29, 0.717) is 5.92 Å². The topological polar surface area (TPSA) is 29.1 Å². The number of nitrogens with one attached hydrogen (secondary N) is 1. The summed E-state index contributed by atoms with van der Waals surface area (Å²) in [4.78, 5) is 12.1. The van der Waals surface area contributed by atoms with Crippen LogP contribution in [0.25, 0.3) is 0 Å². The van der Waals surface area contributed by atoms with Gasteiger partial charge in [0, 0.05) is 4.47 Å². The van der Waals surface area contributed by atoms with E-state index in [-0.39, 0.29) is 17.2 Å². The van der Waals surface area contributed by atoms with Gasteiger partial charge in [0.15, 0.2) is 0 Å². The fourth-order valence-electron chi connectivity index (χ4n) is 2.27. The van der Waals surface area contributed by atoms with Crippen molar-refractivity contribution < 1.29 is 4.79 Å². The van der Waals surface area contributed by atoms with E-state index in [1.165, 1.54) is 0 Å². The summed E-state index contributed by atoms with van der Waals surface area (Å²) in [5.41, 5.74) is 2.18. The van der Waals surface area contributed by atoms with E-state index < -0.39 is 0 Å². The van der Waals surface area contributed by atoms with Gasteiger partial charge in [-0.15, -0.1) is 0 Å². The van der Waals surface area contributed by atoms with E-state index in [9.17, 15) is 4.79 Å². The Morgan fingerprint density at radius 3 is 2.59 bits per heavy atom. The van der Waals surface area contributed by atoms with Gasteiger partial charge in [0.25, 0.3) is 0 Å². The quantitative estimate of drug-likeness (QED) is 0.828. The van der Waals surface area contributed by atoms with Gasteiger partial charge in [0.2, 0.25) is 5.91 Å². The van der Waals surface area contributed by atoms with Gasteiger partial charge in [0.1, 0.15) is 0 Å². The molecule has 1 aliphatic heterocycles. The number of benzene rings is 1. The van der Waals surface area contributed by atoms with Gasteiger partial charge in [-0.3, -0.25) is 4.79 Å². The van der Waals surface area contributed by atoms with Gasteiger partial charge in [-0.1, -0.05) is 39.8 Å². The second-order valence-electron chi connectivity index (χ2n) is 5.83. The van der Waals surface area contributed by atoms with Gasteiger partial charge in [-0.2, -0.15) is 0 Å². The summed E-state index contributed by atoms with van der Waals surface area (Å²) >= 11 is 3.49. The number of carbonyl (C=O) groups excluding carboxylic acids is 1. The van der Waals surface area contributed by atoms with E-state index in [1.54, 1.807) is 0 Å². The summed E-state index contributed by atoms with van der Waals surface area (Å²) in [5.74, 6) is 0.384. The van der Waals surface area contributed by atoms with Crippen molar-refractivity contribution in [3.63, 3.8) is 0 Å². The maximum atomic E-state index is 12.1. The van der Waals surface area contributed by atoms with Crippen molar-refractivity contribution in [2.24, 2.45) is 11.3 Å². The Balaban J connectivity index is 2.46. The molecule has 1 aromatic carbocycles. The molecule has 1 amide bonds. The molecule has 0 fully saturated rings. The van der Waals surface area contributed by atoms with Crippen molar-refractivity contribution in [3.8, 4) is 0 Å². The molecular formula is C14H18BrNO. The number of rotatable bonds is 1. The van der Waals surface area contributed by atoms with Crippen LogP contribution in [0.3, 0.4) is 0 Å². The Kier molecular flexibility index (Phi) is 3.06. The molecule has 92 valence electrons. The number of carbonyl (C=O) groups is 1. The number of para-hydroxylation sites is 1. The zero-order valence-corrected chi connectivity index (χ0v) is 12.3. The Hall–Kier alpha value is -0.830. The van der Waals surface area contributed by atoms with Crippen molar-refractivity contribution in [1.82, 2.24) is 0 Å². The molecule has 0 aromatic heterocycles. The van der Waals surface area contributed by atoms with Crippen LogP contribution in [0.15, 0.2) is 22.7 Å². The van der Waals surface area contributed by atoms with Crippen molar-refractivity contribution in [3.05, 3.63) is 28.2 Å². The summed E-state index contributed by atoms with van der Waals surface area (Å²) in [7, 11) is 0. The standard InChI is InChI=1S/C14H18BrNO/c1-8(14(2,3)4)11-9-6-5-7-10(15)12(9)16-13(11)17/h5-8,11H,1-4H3,(H,16,17). The molecule has 2 nitrogen and oxygen atoms in total. The molecule has 0 saturated carbocycles. The molecule has 1 aromatic rings. The normalized spacial score (nSPS) is 21.0. The van der Waals surface area contributed by atoms with Gasteiger partial charge < -0.3 is 5.32 Å². The lowest BCUT2D eigenvalue weighted by molar-refractivity contribution is -0.118. The number of hydrogen-bond acceptors (Lipinski definition) is 1. The molecule has 17 heavy (non-hydrogen) atoms. The van der Waals surface area contributed by atoms with Crippen LogP contribution in [0.5, 0.6) is 0 Å². The van der Waals surface area contributed by atoms with E-state index in [1.807, 2.05) is 18.2 Å². The van der Waals surface area contributed by atoms with Gasteiger partial charge in [0.05, 0.1) is 11.6 Å². The van der Waals surface area contributed by atoms with Crippen molar-refractivity contribution >= 4 is 27.5 Å². The van der Waals surface area contributed by atoms with E-state index >= 15 is 0 Å². The minimum absolute atomic E-state index is 0.0394. The molecular weight excluding hydrogens is 278 g/mol. The van der Waals surface area contributed by atoms with Gasteiger partial charge >= 0.3 is 0 Å². The molecule has 0 radical (unpaired) electrons. The van der Waals surface area contributed by atoms with Crippen LogP contribution < -0.4 is 5.32 Å². The molecule has 1 N–H and O–H groups in total. The van der Waals surface area contributed by atoms with Crippen LogP contribution in [-0.2, 0) is 4.79 Å². The zero-order chi connectivity index (χ0) is 12.8. The third kappa shape index (κ3) is 2.13. The van der Waals surface area contributed by atoms with Gasteiger partial charge in [-0.05, 0) is 38.9 Å². The van der Waals surface area contributed by atoms with E-state index in [4.69, 9.17) is 0 Å². The summed E-state index contributed by atoms with van der Waals surface area (Å²) in [6.45, 7) is 8.70. The fraction of sp³-hybridized carbons (Fsp3) is 0.500. The summed E-state index contributed by atoms with van der Waals surface area (Å²) in [6.07, 6.45) is 0. The van der Waals surface area contributed by atoms with E-state index in [2.05, 4.69) is 48.9 Å². The van der Waals surface area contributed by atoms with E-state index in [0.717, 1.165) is 15.7 Å². The molecule has 1 heterocycles. The number of halogens is 1. The fourth-order valence-corrected chi connectivity index (χ4v) is 2.75. The Labute approximate surface area is 111 Å². The average molecular weight is 296 g/mol. The number of hydrogen-bond donors (Lipinski definition) is 1. The second-order valence-corrected chi connectivity index (χ2v) is 6.68. The van der Waals surface area contributed by atoms with Crippen LogP contribution >= 0.6 is 15.9 Å². The highest BCUT2D eigenvalue weighted by Gasteiger charge is 2.40. The molecule has 0 saturated heterocycles. The highest BCUT2D eigenvalue weighted by atomic mass is 79.9. The first-order chi connectivity index (χ1) is 7.82. The predicted octanol–water partition coefficient (Wildman–Crippen LogP) is 4.17. The minimum Gasteiger partial charge on any atom is -0.324 e. The van der Waals surface area contributed by atoms with Crippen LogP contribution in [-0.4, -0.2) is 5.91 Å². The minimum atomic E-state index is -0.0394. The summed E-state index contributed by atoms with van der Waals surface area (Å²) in [5, 5.41) is 2.98. The van der Waals surface area contributed by atoms with Crippen LogP contribution in [0, 0.1) is 11.3 Å². The first kappa shape index (κ1) is 12.6. The highest BCUT2D eigenvalue weighted by Crippen LogP contribution is 2.46. The molecule has 2 rings (SSSR count). The molecule has 2 unspecified atom stereocenters. The maximum Gasteiger partial charge on any atom is 0.232 e. The number of fused-ring (bicyclic) bond motifs is 1. The first-order valence-electron chi connectivity index (χ1n) is 5.91. The lowest BCUT2D eigenvalue weighted by Gasteiger charge is -2.31. The number of amides is 1. The van der Waals surface area contributed by atoms with Crippen LogP contribution in [0.1, 0.15) is 39.2 Å². The van der Waals surface area contributed by atoms with Crippen molar-refractivity contribution in [2.45, 2.75) is 33.6 Å². The molecule has 0 aliphatic carbocycles. The molecule has 0 bridgehead atoms. The Morgan fingerprint density at radius 1 is 1.35 bits per heavy atom. The van der Waals surface area contributed by atoms with Gasteiger partial charge in [-0.25, -0.2) is 0 Å². The molecule has 1 aliphatic rings. The second kappa shape index (κ2) is 4.13. The lowest BCUT2D eigenvalue weighted by Crippen LogP contribution is -2.28. The predicted molar refractivity (Wildman–Crippen MR) is 74.1 cm³/mol. The first-order valence-corrected chi connectivity index (χ1v) is 6.71. The molecule has 3 heteroatoms. The SMILES string of the molecule is CC(C1C(=O)Nc2c(Br)cccc21)C(C)(C)C. The smallest absolute Gasteiger partial charge is 0.232 e.